The van der Waals surface area contributed by atoms with E-state index in [2.05, 4.69) is 270 Å². The molecule has 0 bridgehead atoms. The number of rotatable bonds is 34. The summed E-state index contributed by atoms with van der Waals surface area (Å²) in [6.45, 7) is 88.2. The van der Waals surface area contributed by atoms with E-state index in [9.17, 15) is 15.3 Å². The average Bonchev–Trinajstić information content (AvgIpc) is 0.777. The Bertz CT molecular complexity index is 2830. The zero-order valence-electron chi connectivity index (χ0n) is 74.3. The summed E-state index contributed by atoms with van der Waals surface area (Å²) < 4.78 is 76.8. The van der Waals surface area contributed by atoms with Gasteiger partial charge < -0.3 is 71.8 Å². The van der Waals surface area contributed by atoms with Crippen LogP contribution in [-0.2, 0) is 54.0 Å². The highest BCUT2D eigenvalue weighted by atomic mass is 28.5. The van der Waals surface area contributed by atoms with Crippen LogP contribution in [0.4, 0.5) is 0 Å². The molecule has 2 aromatic rings. The molecule has 0 fully saturated rings. The molecule has 2 radical (unpaired) electrons. The SMILES string of the molecule is C=C(C)[C@@H]1CCC(C)=C[C@H]1c1c(O)cc(CCCCC)cc1O.C=C(C)[C@@H]1CCC(C)=C[C@H]1c1c(O)cc(CCCCC)cc1O[Si](C)(O[Si](C)(C)C)O[Si](C)(C)C.C[Si](C)(C)O[Si](C)(C)O[Si](C)(C)O[Si](C)(C)O[Si](C)(C)C.C[Si](C)(C)O[Si](C)(C)O[Si](C)(C)O[Si](C)(C)O[Si](C)(C)C.O.O.[2H]C[B]. The summed E-state index contributed by atoms with van der Waals surface area (Å²) in [6, 6.07) is 7.75. The molecule has 30 heteroatoms. The third-order valence-corrected chi connectivity index (χ3v) is 57.2. The van der Waals surface area contributed by atoms with Crippen LogP contribution in [0, 0.1) is 11.8 Å². The first kappa shape index (κ1) is 105. The monoisotopic (exact) mass is 1680 g/mol. The number of hydrogen-bond donors (Lipinski definition) is 3. The average molecular weight is 1680 g/mol. The maximum absolute atomic E-state index is 11.4. The van der Waals surface area contributed by atoms with Gasteiger partial charge in [0.05, 0.1) is 7.85 Å². The van der Waals surface area contributed by atoms with Crippen molar-refractivity contribution in [3.8, 4) is 23.0 Å². The first-order valence-electron chi connectivity index (χ1n) is 38.5. The molecular formula is C74H159BO16Si13. The molecule has 2 aromatic carbocycles. The van der Waals surface area contributed by atoms with Crippen molar-refractivity contribution < 1.29 is 73.2 Å². The number of allylic oxidation sites excluding steroid dienone is 6. The smallest absolute Gasteiger partial charge is 0.507 e. The van der Waals surface area contributed by atoms with Crippen molar-refractivity contribution >= 4 is 118 Å². The Balaban J connectivity index is -0.00000133. The molecule has 0 aromatic heterocycles. The number of aryl methyl sites for hydroxylation is 2. The fraction of sp³-hybridized carbons (Fsp3) is 0.730. The molecule has 0 amide bonds. The van der Waals surface area contributed by atoms with E-state index in [1.807, 2.05) is 31.7 Å². The molecule has 2 aliphatic carbocycles. The van der Waals surface area contributed by atoms with Crippen LogP contribution in [0.1, 0.15) is 141 Å². The molecule has 4 rings (SSSR count). The second-order valence-electron chi connectivity index (χ2n) is 37.1. The maximum atomic E-state index is 11.4. The number of benzene rings is 2. The zero-order valence-corrected chi connectivity index (χ0v) is 86.3. The summed E-state index contributed by atoms with van der Waals surface area (Å²) in [7, 11) is -22.0. The van der Waals surface area contributed by atoms with Crippen LogP contribution in [-0.4, -0.2) is 144 Å². The standard InChI is InChI=1S/C28H50O4Si3.C21H30O2.2C12H36O4Si5.CH3B.2H2O/c1-12-13-14-15-23-19-26(29)28(25-18-22(4)16-17-24(25)21(2)3)27(20-23)30-35(11,31-33(5,6)7)32-34(8,9)10;1-5-6-7-8-16-12-19(22)21(20(23)13-16)18-11-15(4)9-10-17(18)14(2)3;2*1-17(2,3)13-19(7,8)15-21(11,12)16-20(9,10)14-18(4,5)6;1-2;;/h18-20,24-25,29H,2,12-17H2,1,3-11H3;11-13,17-18,22-23H,2,5-10H2,1,3-4H3;2*1-12H3;1H3;2*1H2/t24-,25+;17-,18+;;;;;/m00...../s1/i;;;;1D;;. The number of hydrogen-bond acceptors (Lipinski definition) is 14. The molecule has 0 saturated carbocycles. The first-order valence-corrected chi connectivity index (χ1v) is 77.4. The second kappa shape index (κ2) is 43.9. The lowest BCUT2D eigenvalue weighted by Crippen LogP contribution is -2.58. The van der Waals surface area contributed by atoms with Gasteiger partial charge >= 0.3 is 60.2 Å². The van der Waals surface area contributed by atoms with Gasteiger partial charge in [0, 0.05) is 30.9 Å². The Morgan fingerprint density at radius 3 is 0.904 bits per heavy atom. The van der Waals surface area contributed by atoms with E-state index in [-0.39, 0.29) is 52.9 Å². The lowest BCUT2D eigenvalue weighted by atomic mass is 9.73. The molecule has 0 aliphatic heterocycles. The number of phenols is 3. The molecule has 606 valence electrons. The highest BCUT2D eigenvalue weighted by molar-refractivity contribution is 6.92. The van der Waals surface area contributed by atoms with Gasteiger partial charge in [0.1, 0.15) is 23.0 Å². The summed E-state index contributed by atoms with van der Waals surface area (Å²) in [5.74, 6) is 2.07. The minimum absolute atomic E-state index is 0. The zero-order chi connectivity index (χ0) is 81.0. The minimum atomic E-state index is -3.04. The van der Waals surface area contributed by atoms with Crippen molar-refractivity contribution in [2.45, 2.75) is 340 Å². The van der Waals surface area contributed by atoms with Crippen molar-refractivity contribution in [1.29, 1.82) is 0 Å². The van der Waals surface area contributed by atoms with Gasteiger partial charge in [-0.25, -0.2) is 0 Å². The molecule has 0 unspecified atom stereocenters. The van der Waals surface area contributed by atoms with E-state index in [4.69, 9.17) is 46.9 Å². The van der Waals surface area contributed by atoms with Gasteiger partial charge in [0.15, 0.2) is 49.9 Å². The van der Waals surface area contributed by atoms with Gasteiger partial charge in [-0.15, -0.1) is 0 Å². The van der Waals surface area contributed by atoms with E-state index in [0.29, 0.717) is 11.3 Å². The fourth-order valence-corrected chi connectivity index (χ4v) is 70.3. The lowest BCUT2D eigenvalue weighted by molar-refractivity contribution is 0.262. The summed E-state index contributed by atoms with van der Waals surface area (Å²) in [6.07, 6.45) is 17.4. The summed E-state index contributed by atoms with van der Waals surface area (Å²) in [5.41, 5.74) is 8.57. The predicted molar refractivity (Wildman–Crippen MR) is 479 cm³/mol. The first-order chi connectivity index (χ1) is 46.0. The summed E-state index contributed by atoms with van der Waals surface area (Å²) >= 11 is 0. The third kappa shape index (κ3) is 46.1. The van der Waals surface area contributed by atoms with Crippen LogP contribution in [0.3, 0.4) is 0 Å². The Hall–Kier alpha value is -0.996. The highest BCUT2D eigenvalue weighted by Gasteiger charge is 2.49. The molecule has 104 heavy (non-hydrogen) atoms. The largest absolute Gasteiger partial charge is 0.541 e. The summed E-state index contributed by atoms with van der Waals surface area (Å²) in [4.78, 5) is 0. The van der Waals surface area contributed by atoms with Crippen LogP contribution in [0.15, 0.2) is 71.9 Å². The third-order valence-electron chi connectivity index (χ3n) is 15.4. The van der Waals surface area contributed by atoms with Crippen molar-refractivity contribution in [2.24, 2.45) is 11.8 Å². The molecular weight excluding hydrogens is 1520 g/mol. The van der Waals surface area contributed by atoms with E-state index < -0.39 is 110 Å². The quantitative estimate of drug-likeness (QED) is 0.0337. The van der Waals surface area contributed by atoms with Crippen LogP contribution < -0.4 is 4.43 Å². The number of unbranched alkanes of at least 4 members (excludes halogenated alkanes) is 4. The van der Waals surface area contributed by atoms with Gasteiger partial charge in [0.2, 0.25) is 0 Å². The topological polar surface area (TPSA) is 225 Å². The van der Waals surface area contributed by atoms with Crippen molar-refractivity contribution in [3.05, 3.63) is 94.1 Å². The van der Waals surface area contributed by atoms with Crippen LogP contribution in [0.5, 0.6) is 23.0 Å². The molecule has 0 saturated heterocycles. The van der Waals surface area contributed by atoms with Gasteiger partial charge in [-0.1, -0.05) is 93.9 Å². The maximum Gasteiger partial charge on any atom is 0.541 e. The van der Waals surface area contributed by atoms with Crippen LogP contribution in [0.2, 0.25) is 210 Å². The Labute approximate surface area is 655 Å². The Morgan fingerprint density at radius 2 is 0.654 bits per heavy atom. The lowest BCUT2D eigenvalue weighted by Gasteiger charge is -2.41. The van der Waals surface area contributed by atoms with E-state index in [1.54, 1.807) is 0 Å². The fourth-order valence-electron chi connectivity index (χ4n) is 14.2. The Kier molecular flexibility index (Phi) is 44.3. The Morgan fingerprint density at radius 1 is 0.413 bits per heavy atom. The van der Waals surface area contributed by atoms with Crippen molar-refractivity contribution in [1.82, 2.24) is 0 Å². The van der Waals surface area contributed by atoms with Crippen LogP contribution in [0.25, 0.3) is 0 Å². The number of phenolic OH excluding ortho intramolecular Hbond substituents is 3. The van der Waals surface area contributed by atoms with E-state index >= 15 is 0 Å². The van der Waals surface area contributed by atoms with Crippen molar-refractivity contribution in [2.75, 3.05) is 0 Å². The van der Waals surface area contributed by atoms with Gasteiger partial charge in [-0.2, -0.15) is 0 Å². The minimum Gasteiger partial charge on any atom is -0.507 e. The molecule has 7 N–H and O–H groups in total. The van der Waals surface area contributed by atoms with E-state index in [0.717, 1.165) is 85.0 Å². The molecule has 4 atom stereocenters. The van der Waals surface area contributed by atoms with Crippen molar-refractivity contribution in [3.63, 3.8) is 0 Å². The second-order valence-corrected chi connectivity index (χ2v) is 89.3. The molecule has 16 nitrogen and oxygen atoms in total. The molecule has 0 heterocycles. The van der Waals surface area contributed by atoms with E-state index in [1.165, 1.54) is 36.8 Å². The van der Waals surface area contributed by atoms with Gasteiger partial charge in [0.25, 0.3) is 0 Å². The normalized spacial score (nSPS) is 17.6. The number of aromatic hydroxyl groups is 3. The highest BCUT2D eigenvalue weighted by Crippen LogP contribution is 2.49. The molecule has 0 spiro atoms. The summed E-state index contributed by atoms with van der Waals surface area (Å²) in [5, 5.41) is 32.5. The predicted octanol–water partition coefficient (Wildman–Crippen LogP) is 22.8. The van der Waals surface area contributed by atoms with Gasteiger partial charge in [-0.3, -0.25) is 0 Å². The van der Waals surface area contributed by atoms with Gasteiger partial charge in [-0.05, 0) is 323 Å². The van der Waals surface area contributed by atoms with Crippen LogP contribution >= 0.6 is 0 Å². The molecule has 2 aliphatic rings.